The average molecular weight is 629 g/mol. The third-order valence-corrected chi connectivity index (χ3v) is 10.5. The maximum Gasteiger partial charge on any atom is 0.209 e. The number of phenols is 1. The van der Waals surface area contributed by atoms with E-state index in [1.165, 1.54) is 6.07 Å². The number of hydrogen-bond donors (Lipinski definition) is 4. The number of aliphatic hydroxyl groups is 3. The first-order chi connectivity index (χ1) is 21.4. The molecule has 8 nitrogen and oxygen atoms in total. The van der Waals surface area contributed by atoms with Crippen LogP contribution in [0.5, 0.6) is 5.75 Å². The summed E-state index contributed by atoms with van der Waals surface area (Å²) in [6.07, 6.45) is 1.85. The Morgan fingerprint density at radius 3 is 2.15 bits per heavy atom. The van der Waals surface area contributed by atoms with E-state index in [4.69, 9.17) is 0 Å². The van der Waals surface area contributed by atoms with Gasteiger partial charge in [-0.1, -0.05) is 71.9 Å². The van der Waals surface area contributed by atoms with Crippen molar-refractivity contribution < 1.29 is 39.6 Å². The quantitative estimate of drug-likeness (QED) is 0.240. The SMILES string of the molecule is CC(=O)C1=C(O)C(C(C)C)[C@@]2(C)C[C@@]3(C)Cc4c(-c5ccc(CCC(=O)CC(C)C)cc5)ccc(O)c4C(=O)C3=C(O)[C@@]2(O)C1=O. The molecule has 0 heterocycles. The van der Waals surface area contributed by atoms with E-state index in [-0.39, 0.29) is 41.4 Å². The summed E-state index contributed by atoms with van der Waals surface area (Å²) in [4.78, 5) is 53.0. The molecule has 0 saturated heterocycles. The minimum atomic E-state index is -2.64. The number of aromatic hydroxyl groups is 1. The second-order valence-corrected chi connectivity index (χ2v) is 14.8. The number of phenolic OH excluding ortho intramolecular Hbond substituents is 1. The molecule has 0 aromatic heterocycles. The highest BCUT2D eigenvalue weighted by Crippen LogP contribution is 2.65. The van der Waals surface area contributed by atoms with Gasteiger partial charge in [-0.2, -0.15) is 0 Å². The fourth-order valence-corrected chi connectivity index (χ4v) is 8.69. The van der Waals surface area contributed by atoms with Crippen LogP contribution in [0.3, 0.4) is 0 Å². The van der Waals surface area contributed by atoms with E-state index < -0.39 is 56.8 Å². The summed E-state index contributed by atoms with van der Waals surface area (Å²) in [5.41, 5.74) is -2.88. The molecule has 0 amide bonds. The minimum absolute atomic E-state index is 0.0130. The van der Waals surface area contributed by atoms with Crippen molar-refractivity contribution in [3.05, 3.63) is 75.8 Å². The Bertz CT molecular complexity index is 1730. The highest BCUT2D eigenvalue weighted by Gasteiger charge is 2.71. The standard InChI is InChI=1S/C38H44O8/c1-19(2)16-24(40)13-10-22-8-11-23(12-9-22)25-14-15-27(41)29-26(25)17-36(6)18-37(7)30(20(3)4)32(42)28(21(5)39)34(44)38(37,46)35(45)31(36)33(29)43/h8-9,11-12,14-15,19-20,30,41-42,45-46H,10,13,16-18H2,1-7H3/t30?,36-,37-,38+/m1/s1. The fourth-order valence-electron chi connectivity index (χ4n) is 8.69. The number of rotatable bonds is 8. The molecule has 0 spiro atoms. The van der Waals surface area contributed by atoms with Crippen LogP contribution < -0.4 is 0 Å². The molecule has 3 aliphatic carbocycles. The van der Waals surface area contributed by atoms with Gasteiger partial charge in [0.05, 0.1) is 5.56 Å². The van der Waals surface area contributed by atoms with Crippen LogP contribution in [0.15, 0.2) is 59.1 Å². The predicted molar refractivity (Wildman–Crippen MR) is 173 cm³/mol. The Morgan fingerprint density at radius 1 is 0.957 bits per heavy atom. The lowest BCUT2D eigenvalue weighted by atomic mass is 9.44. The summed E-state index contributed by atoms with van der Waals surface area (Å²) in [5.74, 6) is -4.80. The summed E-state index contributed by atoms with van der Waals surface area (Å²) in [6, 6.07) is 10.9. The number of fused-ring (bicyclic) bond motifs is 3. The largest absolute Gasteiger partial charge is 0.511 e. The van der Waals surface area contributed by atoms with Crippen LogP contribution in [-0.2, 0) is 27.2 Å². The van der Waals surface area contributed by atoms with Crippen LogP contribution in [0.4, 0.5) is 0 Å². The maximum absolute atomic E-state index is 14.3. The maximum atomic E-state index is 14.3. The Kier molecular flexibility index (Phi) is 8.21. The normalized spacial score (nSPS) is 27.6. The van der Waals surface area contributed by atoms with Crippen LogP contribution >= 0.6 is 0 Å². The molecule has 2 aromatic carbocycles. The Labute approximate surface area is 269 Å². The molecule has 244 valence electrons. The predicted octanol–water partition coefficient (Wildman–Crippen LogP) is 6.56. The number of carbonyl (C=O) groups excluding carboxylic acids is 4. The van der Waals surface area contributed by atoms with Gasteiger partial charge in [-0.3, -0.25) is 19.2 Å². The Hall–Kier alpha value is -4.04. The van der Waals surface area contributed by atoms with Gasteiger partial charge in [0.25, 0.3) is 0 Å². The second-order valence-electron chi connectivity index (χ2n) is 14.8. The van der Waals surface area contributed by atoms with Crippen molar-refractivity contribution in [2.24, 2.45) is 28.6 Å². The summed E-state index contributed by atoms with van der Waals surface area (Å²) in [5, 5.41) is 46.4. The van der Waals surface area contributed by atoms with Crippen molar-refractivity contribution in [2.75, 3.05) is 0 Å². The van der Waals surface area contributed by atoms with Crippen molar-refractivity contribution in [1.82, 2.24) is 0 Å². The van der Waals surface area contributed by atoms with E-state index in [0.29, 0.717) is 30.7 Å². The molecular weight excluding hydrogens is 584 g/mol. The van der Waals surface area contributed by atoms with Gasteiger partial charge in [0.1, 0.15) is 28.6 Å². The lowest BCUT2D eigenvalue weighted by Crippen LogP contribution is -2.67. The van der Waals surface area contributed by atoms with E-state index >= 15 is 0 Å². The molecule has 0 bridgehead atoms. The Balaban J connectivity index is 1.62. The lowest BCUT2D eigenvalue weighted by Gasteiger charge is -2.59. The second kappa shape index (κ2) is 11.3. The highest BCUT2D eigenvalue weighted by molar-refractivity contribution is 6.25. The van der Waals surface area contributed by atoms with E-state index in [0.717, 1.165) is 23.6 Å². The van der Waals surface area contributed by atoms with Gasteiger partial charge >= 0.3 is 0 Å². The third-order valence-electron chi connectivity index (χ3n) is 10.5. The summed E-state index contributed by atoms with van der Waals surface area (Å²) in [6.45, 7) is 12.2. The third kappa shape index (κ3) is 4.84. The molecule has 46 heavy (non-hydrogen) atoms. The van der Waals surface area contributed by atoms with E-state index in [9.17, 15) is 39.6 Å². The number of allylic oxidation sites excluding steroid dienone is 2. The van der Waals surface area contributed by atoms with Crippen LogP contribution in [0.2, 0.25) is 0 Å². The van der Waals surface area contributed by atoms with Gasteiger partial charge in [-0.05, 0) is 66.3 Å². The highest BCUT2D eigenvalue weighted by atomic mass is 16.3. The molecule has 8 heteroatoms. The van der Waals surface area contributed by atoms with Crippen LogP contribution in [-0.4, -0.2) is 49.2 Å². The zero-order chi connectivity index (χ0) is 34.1. The van der Waals surface area contributed by atoms with E-state index in [1.807, 2.05) is 38.1 Å². The van der Waals surface area contributed by atoms with Gasteiger partial charge in [-0.15, -0.1) is 0 Å². The number of aliphatic hydroxyl groups excluding tert-OH is 2. The summed E-state index contributed by atoms with van der Waals surface area (Å²) >= 11 is 0. The molecule has 5 rings (SSSR count). The van der Waals surface area contributed by atoms with Crippen molar-refractivity contribution in [1.29, 1.82) is 0 Å². The van der Waals surface area contributed by atoms with E-state index in [1.54, 1.807) is 33.8 Å². The fraction of sp³-hybridized carbons (Fsp3) is 0.474. The number of aryl methyl sites for hydroxylation is 1. The molecule has 2 aromatic rings. The van der Waals surface area contributed by atoms with Gasteiger partial charge in [0.2, 0.25) is 5.78 Å². The van der Waals surface area contributed by atoms with Crippen molar-refractivity contribution in [3.63, 3.8) is 0 Å². The van der Waals surface area contributed by atoms with Crippen molar-refractivity contribution in [3.8, 4) is 16.9 Å². The smallest absolute Gasteiger partial charge is 0.209 e. The Morgan fingerprint density at radius 2 is 1.59 bits per heavy atom. The van der Waals surface area contributed by atoms with Gasteiger partial charge in [-0.25, -0.2) is 0 Å². The topological polar surface area (TPSA) is 149 Å². The van der Waals surface area contributed by atoms with Crippen molar-refractivity contribution >= 4 is 23.1 Å². The molecule has 0 radical (unpaired) electrons. The summed E-state index contributed by atoms with van der Waals surface area (Å²) in [7, 11) is 0. The first kappa shape index (κ1) is 33.3. The number of hydrogen-bond acceptors (Lipinski definition) is 8. The van der Waals surface area contributed by atoms with Crippen LogP contribution in [0.25, 0.3) is 11.1 Å². The number of benzene rings is 2. The molecule has 4 N–H and O–H groups in total. The number of ketones is 4. The first-order valence-corrected chi connectivity index (χ1v) is 16.0. The van der Waals surface area contributed by atoms with Gasteiger partial charge in [0.15, 0.2) is 17.2 Å². The van der Waals surface area contributed by atoms with Gasteiger partial charge < -0.3 is 20.4 Å². The molecular formula is C38H44O8. The molecule has 0 saturated carbocycles. The number of carbonyl (C=O) groups is 4. The molecule has 0 fully saturated rings. The molecule has 0 aliphatic heterocycles. The minimum Gasteiger partial charge on any atom is -0.511 e. The summed E-state index contributed by atoms with van der Waals surface area (Å²) < 4.78 is 0. The first-order valence-electron chi connectivity index (χ1n) is 16.0. The zero-order valence-corrected chi connectivity index (χ0v) is 27.7. The lowest BCUT2D eigenvalue weighted by molar-refractivity contribution is -0.171. The van der Waals surface area contributed by atoms with E-state index in [2.05, 4.69) is 0 Å². The monoisotopic (exact) mass is 628 g/mol. The van der Waals surface area contributed by atoms with Crippen LogP contribution in [0.1, 0.15) is 89.2 Å². The zero-order valence-electron chi connectivity index (χ0n) is 27.7. The molecule has 4 atom stereocenters. The molecule has 3 aliphatic rings. The van der Waals surface area contributed by atoms with Crippen molar-refractivity contribution in [2.45, 2.75) is 86.2 Å². The average Bonchev–Trinajstić information content (AvgIpc) is 2.93. The van der Waals surface area contributed by atoms with Gasteiger partial charge in [0, 0.05) is 35.2 Å². The number of Topliss-reactive ketones (excluding diaryl/α,β-unsaturated/α-hetero) is 4. The molecule has 1 unspecified atom stereocenters. The van der Waals surface area contributed by atoms with Crippen LogP contribution in [0, 0.1) is 28.6 Å².